The highest BCUT2D eigenvalue weighted by Gasteiger charge is 2.08. The maximum absolute atomic E-state index is 11.0. The quantitative estimate of drug-likeness (QED) is 0.667. The standard InChI is InChI=1S/C9H9IN2O2S/c1-6-4-9(12-15(3,13)14)7(10)5-8(6)11-2/h4-5,12H,1,3H3. The van der Waals surface area contributed by atoms with E-state index in [0.29, 0.717) is 11.4 Å². The number of anilines is 1. The lowest BCUT2D eigenvalue weighted by Crippen LogP contribution is -2.10. The number of nitrogens with one attached hydrogen (secondary N) is 1. The lowest BCUT2D eigenvalue weighted by atomic mass is 10.2. The van der Waals surface area contributed by atoms with Crippen LogP contribution in [-0.2, 0) is 10.0 Å². The molecule has 0 aliphatic rings. The van der Waals surface area contributed by atoms with E-state index in [1.807, 2.05) is 22.6 Å². The molecule has 0 aliphatic carbocycles. The lowest BCUT2D eigenvalue weighted by molar-refractivity contribution is 0.607. The first-order chi connectivity index (χ1) is 6.83. The predicted octanol–water partition coefficient (Wildman–Crippen LogP) is 2.52. The monoisotopic (exact) mass is 336 g/mol. The zero-order valence-corrected chi connectivity index (χ0v) is 11.2. The van der Waals surface area contributed by atoms with Crippen LogP contribution in [0.2, 0.25) is 0 Å². The molecule has 0 amide bonds. The first-order valence-electron chi connectivity index (χ1n) is 3.99. The Morgan fingerprint density at radius 1 is 1.47 bits per heavy atom. The van der Waals surface area contributed by atoms with Crippen molar-refractivity contribution in [1.82, 2.24) is 0 Å². The Labute approximate surface area is 103 Å². The van der Waals surface area contributed by atoms with Gasteiger partial charge in [-0.1, -0.05) is 0 Å². The van der Waals surface area contributed by atoms with Crippen molar-refractivity contribution < 1.29 is 8.42 Å². The van der Waals surface area contributed by atoms with Crippen LogP contribution in [0.1, 0.15) is 5.56 Å². The van der Waals surface area contributed by atoms with Gasteiger partial charge in [0, 0.05) is 3.57 Å². The van der Waals surface area contributed by atoms with Crippen molar-refractivity contribution in [3.8, 4) is 0 Å². The van der Waals surface area contributed by atoms with Crippen molar-refractivity contribution in [3.63, 3.8) is 0 Å². The van der Waals surface area contributed by atoms with Gasteiger partial charge in [-0.25, -0.2) is 13.3 Å². The van der Waals surface area contributed by atoms with E-state index in [0.717, 1.165) is 15.4 Å². The van der Waals surface area contributed by atoms with Gasteiger partial charge in [-0.3, -0.25) is 4.72 Å². The van der Waals surface area contributed by atoms with Crippen LogP contribution in [0.25, 0.3) is 4.85 Å². The summed E-state index contributed by atoms with van der Waals surface area (Å²) in [7, 11) is -3.27. The van der Waals surface area contributed by atoms with E-state index >= 15 is 0 Å². The fraction of sp³-hybridized carbons (Fsp3) is 0.222. The Balaban J connectivity index is 3.24. The first kappa shape index (κ1) is 12.3. The van der Waals surface area contributed by atoms with Crippen molar-refractivity contribution in [1.29, 1.82) is 0 Å². The fourth-order valence-electron chi connectivity index (χ4n) is 1.07. The molecule has 4 nitrogen and oxygen atoms in total. The molecule has 6 heteroatoms. The summed E-state index contributed by atoms with van der Waals surface area (Å²) < 4.78 is 25.2. The largest absolute Gasteiger partial charge is 0.283 e. The molecule has 0 saturated carbocycles. The summed E-state index contributed by atoms with van der Waals surface area (Å²) in [5.74, 6) is 0. The summed E-state index contributed by atoms with van der Waals surface area (Å²) in [4.78, 5) is 3.34. The Morgan fingerprint density at radius 3 is 2.53 bits per heavy atom. The van der Waals surface area contributed by atoms with Gasteiger partial charge in [0.25, 0.3) is 0 Å². The number of aryl methyl sites for hydroxylation is 1. The number of nitrogens with zero attached hydrogens (tertiary/aromatic N) is 1. The van der Waals surface area contributed by atoms with E-state index in [4.69, 9.17) is 6.57 Å². The van der Waals surface area contributed by atoms with Crippen LogP contribution in [0.5, 0.6) is 0 Å². The summed E-state index contributed by atoms with van der Waals surface area (Å²) in [6, 6.07) is 3.33. The average Bonchev–Trinajstić information content (AvgIpc) is 2.08. The molecule has 0 bridgehead atoms. The number of benzene rings is 1. The second-order valence-corrected chi connectivity index (χ2v) is 6.02. The fourth-order valence-corrected chi connectivity index (χ4v) is 2.41. The van der Waals surface area contributed by atoms with E-state index < -0.39 is 10.0 Å². The lowest BCUT2D eigenvalue weighted by Gasteiger charge is -2.08. The molecule has 0 heterocycles. The molecule has 0 aliphatic heterocycles. The SMILES string of the molecule is [C-]#[N+]c1cc(I)c(NS(C)(=O)=O)cc1C. The normalized spacial score (nSPS) is 10.8. The molecular weight excluding hydrogens is 327 g/mol. The summed E-state index contributed by atoms with van der Waals surface area (Å²) in [6.45, 7) is 8.69. The third-order valence-electron chi connectivity index (χ3n) is 1.70. The second kappa shape index (κ2) is 4.37. The number of rotatable bonds is 2. The van der Waals surface area contributed by atoms with Crippen molar-refractivity contribution in [2.75, 3.05) is 11.0 Å². The number of hydrogen-bond donors (Lipinski definition) is 1. The van der Waals surface area contributed by atoms with Crippen molar-refractivity contribution >= 4 is 44.0 Å². The summed E-state index contributed by atoms with van der Waals surface area (Å²) in [5.41, 5.74) is 1.82. The molecule has 0 radical (unpaired) electrons. The van der Waals surface area contributed by atoms with E-state index in [2.05, 4.69) is 9.57 Å². The van der Waals surface area contributed by atoms with E-state index in [-0.39, 0.29) is 0 Å². The predicted molar refractivity (Wildman–Crippen MR) is 68.6 cm³/mol. The first-order valence-corrected chi connectivity index (χ1v) is 6.96. The molecule has 0 atom stereocenters. The highest BCUT2D eigenvalue weighted by atomic mass is 127. The smallest absolute Gasteiger partial charge is 0.229 e. The van der Waals surface area contributed by atoms with E-state index in [1.165, 1.54) is 0 Å². The minimum atomic E-state index is -3.27. The van der Waals surface area contributed by atoms with E-state index in [1.54, 1.807) is 19.1 Å². The Morgan fingerprint density at radius 2 is 2.07 bits per heavy atom. The molecule has 1 aromatic carbocycles. The molecule has 1 aromatic rings. The van der Waals surface area contributed by atoms with Gasteiger partial charge in [-0.15, -0.1) is 0 Å². The van der Waals surface area contributed by atoms with Crippen LogP contribution in [0.4, 0.5) is 11.4 Å². The Kier molecular flexibility index (Phi) is 3.57. The zero-order valence-electron chi connectivity index (χ0n) is 8.20. The van der Waals surface area contributed by atoms with Gasteiger partial charge in [0.05, 0.1) is 18.5 Å². The van der Waals surface area contributed by atoms with Crippen LogP contribution in [-0.4, -0.2) is 14.7 Å². The number of sulfonamides is 1. The maximum Gasteiger partial charge on any atom is 0.229 e. The minimum absolute atomic E-state index is 0.517. The average molecular weight is 336 g/mol. The Hall–Kier alpha value is -0.810. The maximum atomic E-state index is 11.0. The van der Waals surface area contributed by atoms with Crippen LogP contribution in [0.15, 0.2) is 12.1 Å². The molecule has 80 valence electrons. The molecule has 0 unspecified atom stereocenters. The number of hydrogen-bond acceptors (Lipinski definition) is 2. The topological polar surface area (TPSA) is 50.5 Å². The minimum Gasteiger partial charge on any atom is -0.283 e. The van der Waals surface area contributed by atoms with Crippen molar-refractivity contribution in [3.05, 3.63) is 32.7 Å². The highest BCUT2D eigenvalue weighted by molar-refractivity contribution is 14.1. The molecule has 0 spiro atoms. The molecule has 0 fully saturated rings. The van der Waals surface area contributed by atoms with Crippen LogP contribution in [0.3, 0.4) is 0 Å². The Bertz CT molecular complexity index is 532. The molecule has 0 aromatic heterocycles. The van der Waals surface area contributed by atoms with Gasteiger partial charge in [-0.2, -0.15) is 0 Å². The third kappa shape index (κ3) is 3.35. The highest BCUT2D eigenvalue weighted by Crippen LogP contribution is 2.28. The molecule has 1 rings (SSSR count). The summed E-state index contributed by atoms with van der Waals surface area (Å²) >= 11 is 2.00. The number of halogens is 1. The molecule has 0 saturated heterocycles. The van der Waals surface area contributed by atoms with Gasteiger partial charge >= 0.3 is 0 Å². The molecule has 15 heavy (non-hydrogen) atoms. The second-order valence-electron chi connectivity index (χ2n) is 3.10. The molecule has 1 N–H and O–H groups in total. The van der Waals surface area contributed by atoms with Gasteiger partial charge in [0.2, 0.25) is 10.0 Å². The van der Waals surface area contributed by atoms with Gasteiger partial charge in [0.1, 0.15) is 0 Å². The van der Waals surface area contributed by atoms with E-state index in [9.17, 15) is 8.42 Å². The van der Waals surface area contributed by atoms with Gasteiger partial charge in [0.15, 0.2) is 5.69 Å². The summed E-state index contributed by atoms with van der Waals surface area (Å²) in [5, 5.41) is 0. The molecular formula is C9H9IN2O2S. The van der Waals surface area contributed by atoms with Gasteiger partial charge in [-0.05, 0) is 47.2 Å². The van der Waals surface area contributed by atoms with Crippen molar-refractivity contribution in [2.45, 2.75) is 6.92 Å². The van der Waals surface area contributed by atoms with Crippen LogP contribution in [0, 0.1) is 17.1 Å². The van der Waals surface area contributed by atoms with Crippen LogP contribution < -0.4 is 4.72 Å². The van der Waals surface area contributed by atoms with Gasteiger partial charge < -0.3 is 0 Å². The van der Waals surface area contributed by atoms with Crippen LogP contribution >= 0.6 is 22.6 Å². The third-order valence-corrected chi connectivity index (χ3v) is 3.18. The van der Waals surface area contributed by atoms with Crippen molar-refractivity contribution in [2.24, 2.45) is 0 Å². The zero-order chi connectivity index (χ0) is 11.6. The summed E-state index contributed by atoms with van der Waals surface area (Å²) in [6.07, 6.45) is 1.10.